The van der Waals surface area contributed by atoms with Crippen molar-refractivity contribution in [3.63, 3.8) is 0 Å². The van der Waals surface area contributed by atoms with E-state index in [-0.39, 0.29) is 0 Å². The standard InChI is InChI=1S/C14H28N2O2S/c1-2-7-16-8-3-4-14(5-9-16)15-11-13-6-10-19(17,18)12-13/h13-15H,2-12H2,1H3. The molecule has 0 spiro atoms. The van der Waals surface area contributed by atoms with Crippen LogP contribution in [0.2, 0.25) is 0 Å². The Morgan fingerprint density at radius 1 is 1.21 bits per heavy atom. The van der Waals surface area contributed by atoms with Gasteiger partial charge in [0.05, 0.1) is 11.5 Å². The highest BCUT2D eigenvalue weighted by Gasteiger charge is 2.28. The Morgan fingerprint density at radius 2 is 2.05 bits per heavy atom. The lowest BCUT2D eigenvalue weighted by Gasteiger charge is -2.20. The summed E-state index contributed by atoms with van der Waals surface area (Å²) in [6.07, 6.45) is 5.79. The molecule has 0 radical (unpaired) electrons. The van der Waals surface area contributed by atoms with Crippen LogP contribution < -0.4 is 5.32 Å². The summed E-state index contributed by atoms with van der Waals surface area (Å²) >= 11 is 0. The van der Waals surface area contributed by atoms with E-state index in [4.69, 9.17) is 0 Å². The highest BCUT2D eigenvalue weighted by atomic mass is 32.2. The average Bonchev–Trinajstić information content (AvgIpc) is 2.58. The van der Waals surface area contributed by atoms with Gasteiger partial charge in [0.1, 0.15) is 0 Å². The van der Waals surface area contributed by atoms with Crippen LogP contribution in [0.15, 0.2) is 0 Å². The van der Waals surface area contributed by atoms with Gasteiger partial charge in [-0.15, -0.1) is 0 Å². The lowest BCUT2D eigenvalue weighted by Crippen LogP contribution is -2.35. The molecule has 2 unspecified atom stereocenters. The zero-order valence-corrected chi connectivity index (χ0v) is 12.9. The third-order valence-electron chi connectivity index (χ3n) is 4.38. The van der Waals surface area contributed by atoms with E-state index in [0.29, 0.717) is 23.5 Å². The average molecular weight is 288 g/mol. The molecule has 0 aromatic carbocycles. The molecular formula is C14H28N2O2S. The summed E-state index contributed by atoms with van der Waals surface area (Å²) in [5.74, 6) is 1.14. The van der Waals surface area contributed by atoms with Crippen molar-refractivity contribution in [2.45, 2.75) is 45.1 Å². The molecule has 4 nitrogen and oxygen atoms in total. The SMILES string of the molecule is CCCN1CCCC(NCC2CCS(=O)(=O)C2)CC1. The number of hydrogen-bond acceptors (Lipinski definition) is 4. The fourth-order valence-electron chi connectivity index (χ4n) is 3.27. The number of nitrogens with one attached hydrogen (secondary N) is 1. The molecule has 5 heteroatoms. The lowest BCUT2D eigenvalue weighted by molar-refractivity contribution is 0.282. The van der Waals surface area contributed by atoms with E-state index < -0.39 is 9.84 Å². The van der Waals surface area contributed by atoms with Crippen molar-refractivity contribution in [3.8, 4) is 0 Å². The van der Waals surface area contributed by atoms with Crippen LogP contribution in [0.3, 0.4) is 0 Å². The molecule has 0 aromatic heterocycles. The number of sulfone groups is 1. The molecule has 0 bridgehead atoms. The van der Waals surface area contributed by atoms with E-state index in [1.807, 2.05) is 0 Å². The molecule has 2 aliphatic heterocycles. The smallest absolute Gasteiger partial charge is 0.150 e. The van der Waals surface area contributed by atoms with E-state index in [2.05, 4.69) is 17.1 Å². The van der Waals surface area contributed by atoms with Gasteiger partial charge in [-0.2, -0.15) is 0 Å². The van der Waals surface area contributed by atoms with Crippen LogP contribution >= 0.6 is 0 Å². The molecule has 1 N–H and O–H groups in total. The van der Waals surface area contributed by atoms with Crippen LogP contribution in [0, 0.1) is 5.92 Å². The molecule has 0 aliphatic carbocycles. The Kier molecular flexibility index (Phi) is 5.66. The molecule has 2 fully saturated rings. The molecule has 2 aliphatic rings. The van der Waals surface area contributed by atoms with Gasteiger partial charge in [-0.25, -0.2) is 8.42 Å². The summed E-state index contributed by atoms with van der Waals surface area (Å²) in [6.45, 7) is 6.75. The molecule has 112 valence electrons. The third-order valence-corrected chi connectivity index (χ3v) is 6.22. The molecule has 19 heavy (non-hydrogen) atoms. The van der Waals surface area contributed by atoms with Gasteiger partial charge in [0.15, 0.2) is 9.84 Å². The first-order valence-corrected chi connectivity index (χ1v) is 9.57. The first-order valence-electron chi connectivity index (χ1n) is 7.75. The van der Waals surface area contributed by atoms with Crippen molar-refractivity contribution in [2.75, 3.05) is 37.7 Å². The van der Waals surface area contributed by atoms with Crippen LogP contribution in [0.25, 0.3) is 0 Å². The molecule has 2 atom stereocenters. The van der Waals surface area contributed by atoms with Crippen molar-refractivity contribution in [1.82, 2.24) is 10.2 Å². The maximum absolute atomic E-state index is 11.4. The van der Waals surface area contributed by atoms with Gasteiger partial charge in [-0.3, -0.25) is 0 Å². The summed E-state index contributed by atoms with van der Waals surface area (Å²) in [4.78, 5) is 2.56. The van der Waals surface area contributed by atoms with Crippen molar-refractivity contribution >= 4 is 9.84 Å². The summed E-state index contributed by atoms with van der Waals surface area (Å²) in [6, 6.07) is 0.588. The van der Waals surface area contributed by atoms with Crippen LogP contribution in [0.1, 0.15) is 39.0 Å². The zero-order chi connectivity index (χ0) is 13.7. The molecule has 2 rings (SSSR count). The van der Waals surface area contributed by atoms with Gasteiger partial charge in [-0.1, -0.05) is 6.92 Å². The van der Waals surface area contributed by atoms with Crippen LogP contribution in [-0.2, 0) is 9.84 Å². The molecule has 2 heterocycles. The maximum Gasteiger partial charge on any atom is 0.150 e. The van der Waals surface area contributed by atoms with Crippen molar-refractivity contribution < 1.29 is 8.42 Å². The molecular weight excluding hydrogens is 260 g/mol. The van der Waals surface area contributed by atoms with Crippen LogP contribution in [0.4, 0.5) is 0 Å². The first kappa shape index (κ1) is 15.3. The van der Waals surface area contributed by atoms with Gasteiger partial charge in [0, 0.05) is 6.04 Å². The molecule has 2 saturated heterocycles. The Balaban J connectivity index is 1.69. The number of hydrogen-bond donors (Lipinski definition) is 1. The summed E-state index contributed by atoms with van der Waals surface area (Å²) in [5.41, 5.74) is 0. The monoisotopic (exact) mass is 288 g/mol. The van der Waals surface area contributed by atoms with Crippen LogP contribution in [-0.4, -0.2) is 57.0 Å². The fraction of sp³-hybridized carbons (Fsp3) is 1.00. The van der Waals surface area contributed by atoms with Crippen molar-refractivity contribution in [3.05, 3.63) is 0 Å². The molecule has 0 amide bonds. The van der Waals surface area contributed by atoms with E-state index in [9.17, 15) is 8.42 Å². The predicted molar refractivity (Wildman–Crippen MR) is 79.1 cm³/mol. The fourth-order valence-corrected chi connectivity index (χ4v) is 5.13. The maximum atomic E-state index is 11.4. The Labute approximate surface area is 117 Å². The Morgan fingerprint density at radius 3 is 2.74 bits per heavy atom. The summed E-state index contributed by atoms with van der Waals surface area (Å²) in [5, 5.41) is 3.61. The van der Waals surface area contributed by atoms with Crippen molar-refractivity contribution in [2.24, 2.45) is 5.92 Å². The topological polar surface area (TPSA) is 49.4 Å². The normalized spacial score (nSPS) is 32.3. The Hall–Kier alpha value is -0.130. The van der Waals surface area contributed by atoms with Gasteiger partial charge >= 0.3 is 0 Å². The summed E-state index contributed by atoms with van der Waals surface area (Å²) in [7, 11) is -2.72. The predicted octanol–water partition coefficient (Wildman–Crippen LogP) is 1.28. The second-order valence-corrected chi connectivity index (χ2v) is 8.38. The number of likely N-dealkylation sites (tertiary alicyclic amines) is 1. The molecule has 0 aromatic rings. The van der Waals surface area contributed by atoms with E-state index in [0.717, 1.165) is 13.0 Å². The van der Waals surface area contributed by atoms with Gasteiger partial charge in [-0.05, 0) is 64.2 Å². The number of nitrogens with zero attached hydrogens (tertiary/aromatic N) is 1. The molecule has 0 saturated carbocycles. The lowest BCUT2D eigenvalue weighted by atomic mass is 10.1. The minimum Gasteiger partial charge on any atom is -0.314 e. The number of rotatable bonds is 5. The van der Waals surface area contributed by atoms with Crippen LogP contribution in [0.5, 0.6) is 0 Å². The second kappa shape index (κ2) is 7.04. The quantitative estimate of drug-likeness (QED) is 0.828. The first-order chi connectivity index (χ1) is 9.09. The third kappa shape index (κ3) is 5.04. The largest absolute Gasteiger partial charge is 0.314 e. The van der Waals surface area contributed by atoms with Gasteiger partial charge in [0.25, 0.3) is 0 Å². The van der Waals surface area contributed by atoms with Crippen molar-refractivity contribution in [1.29, 1.82) is 0 Å². The van der Waals surface area contributed by atoms with Gasteiger partial charge in [0.2, 0.25) is 0 Å². The van der Waals surface area contributed by atoms with Gasteiger partial charge < -0.3 is 10.2 Å². The zero-order valence-electron chi connectivity index (χ0n) is 12.1. The van der Waals surface area contributed by atoms with E-state index in [1.54, 1.807) is 0 Å². The highest BCUT2D eigenvalue weighted by Crippen LogP contribution is 2.18. The second-order valence-electron chi connectivity index (χ2n) is 6.15. The highest BCUT2D eigenvalue weighted by molar-refractivity contribution is 7.91. The van der Waals surface area contributed by atoms with E-state index >= 15 is 0 Å². The minimum atomic E-state index is -2.72. The van der Waals surface area contributed by atoms with E-state index in [1.165, 1.54) is 45.3 Å². The summed E-state index contributed by atoms with van der Waals surface area (Å²) < 4.78 is 22.9. The minimum absolute atomic E-state index is 0.347. The Bertz CT molecular complexity index is 370.